The zero-order valence-electron chi connectivity index (χ0n) is 23.9. The Morgan fingerprint density at radius 3 is 2.00 bits per heavy atom. The molecule has 7 nitrogen and oxygen atoms in total. The minimum Gasteiger partial charge on any atom is -0.463 e. The van der Waals surface area contributed by atoms with Crippen LogP contribution in [0.5, 0.6) is 0 Å². The number of aliphatic hydroxyl groups is 1. The molecule has 0 radical (unpaired) electrons. The van der Waals surface area contributed by atoms with Crippen LogP contribution in [0.1, 0.15) is 76.8 Å². The summed E-state index contributed by atoms with van der Waals surface area (Å²) in [5.74, 6) is -2.87. The van der Waals surface area contributed by atoms with Gasteiger partial charge in [0.25, 0.3) is 0 Å². The SMILES string of the molecule is CCOC(=O)C1=C(C)N(CCN(CCO)C2CCCCC2)C(C)=C(C(=O)OCC)C1c1ccccc1C(F)(F)F. The van der Waals surface area contributed by atoms with Crippen LogP contribution in [0.4, 0.5) is 13.2 Å². The average molecular weight is 567 g/mol. The molecule has 1 aromatic rings. The molecule has 0 amide bonds. The Kier molecular flexibility index (Phi) is 11.2. The van der Waals surface area contributed by atoms with Crippen molar-refractivity contribution in [3.63, 3.8) is 0 Å². The second kappa shape index (κ2) is 14.2. The van der Waals surface area contributed by atoms with Crippen LogP contribution in [-0.2, 0) is 25.2 Å². The fraction of sp³-hybridized carbons (Fsp3) is 0.600. The lowest BCUT2D eigenvalue weighted by atomic mass is 9.78. The van der Waals surface area contributed by atoms with Crippen molar-refractivity contribution < 1.29 is 37.3 Å². The Hall–Kier alpha value is -2.85. The molecule has 0 aromatic heterocycles. The van der Waals surface area contributed by atoms with Crippen molar-refractivity contribution in [2.45, 2.75) is 77.9 Å². The molecule has 0 saturated heterocycles. The standard InChI is InChI=1S/C30H41F3N2O5/c1-5-39-28(37)25-20(3)35(17-16-34(18-19-36)22-12-8-7-9-13-22)21(4)26(29(38)40-6-2)27(25)23-14-10-11-15-24(23)30(31,32)33/h10-11,14-15,22,27,36H,5-9,12-13,16-19H2,1-4H3. The van der Waals surface area contributed by atoms with Gasteiger partial charge >= 0.3 is 18.1 Å². The molecular formula is C30H41F3N2O5. The molecule has 0 spiro atoms. The number of nitrogens with zero attached hydrogens (tertiary/aromatic N) is 2. The van der Waals surface area contributed by atoms with Crippen molar-refractivity contribution in [2.24, 2.45) is 0 Å². The van der Waals surface area contributed by atoms with Crippen LogP contribution in [0.25, 0.3) is 0 Å². The highest BCUT2D eigenvalue weighted by atomic mass is 19.4. The molecule has 1 aromatic carbocycles. The van der Waals surface area contributed by atoms with E-state index in [0.717, 1.165) is 31.7 Å². The number of hydrogen-bond donors (Lipinski definition) is 1. The Labute approximate surface area is 234 Å². The number of esters is 2. The van der Waals surface area contributed by atoms with E-state index < -0.39 is 29.6 Å². The average Bonchev–Trinajstić information content (AvgIpc) is 2.92. The maximum absolute atomic E-state index is 14.2. The summed E-state index contributed by atoms with van der Waals surface area (Å²) >= 11 is 0. The topological polar surface area (TPSA) is 79.3 Å². The van der Waals surface area contributed by atoms with Gasteiger partial charge in [0, 0.05) is 37.1 Å². The lowest BCUT2D eigenvalue weighted by Crippen LogP contribution is -2.44. The maximum Gasteiger partial charge on any atom is 0.416 e. The number of alkyl halides is 3. The first kappa shape index (κ1) is 31.7. The lowest BCUT2D eigenvalue weighted by Gasteiger charge is -2.40. The van der Waals surface area contributed by atoms with E-state index in [1.807, 2.05) is 0 Å². The van der Waals surface area contributed by atoms with Crippen LogP contribution in [0.3, 0.4) is 0 Å². The fourth-order valence-corrected chi connectivity index (χ4v) is 5.99. The summed E-state index contributed by atoms with van der Waals surface area (Å²) in [7, 11) is 0. The van der Waals surface area contributed by atoms with Crippen LogP contribution >= 0.6 is 0 Å². The van der Waals surface area contributed by atoms with E-state index in [1.54, 1.807) is 32.6 Å². The van der Waals surface area contributed by atoms with Gasteiger partial charge in [-0.2, -0.15) is 13.2 Å². The number of halogens is 3. The number of rotatable bonds is 11. The molecule has 3 rings (SSSR count). The predicted molar refractivity (Wildman–Crippen MR) is 145 cm³/mol. The van der Waals surface area contributed by atoms with Gasteiger partial charge in [0.05, 0.1) is 42.4 Å². The molecule has 0 unspecified atom stereocenters. The van der Waals surface area contributed by atoms with Crippen molar-refractivity contribution in [1.29, 1.82) is 0 Å². The third kappa shape index (κ3) is 7.07. The second-order valence-electron chi connectivity index (χ2n) is 10.2. The number of allylic oxidation sites excluding steroid dienone is 2. The first-order valence-electron chi connectivity index (χ1n) is 14.1. The highest BCUT2D eigenvalue weighted by Gasteiger charge is 2.44. The Morgan fingerprint density at radius 2 is 1.50 bits per heavy atom. The van der Waals surface area contributed by atoms with Crippen molar-refractivity contribution in [2.75, 3.05) is 39.5 Å². The molecule has 0 atom stereocenters. The Bertz CT molecular complexity index is 1070. The number of carbonyl (C=O) groups is 2. The maximum atomic E-state index is 14.2. The fourth-order valence-electron chi connectivity index (χ4n) is 5.99. The zero-order chi connectivity index (χ0) is 29.4. The second-order valence-corrected chi connectivity index (χ2v) is 10.2. The van der Waals surface area contributed by atoms with E-state index in [0.29, 0.717) is 37.1 Å². The molecule has 1 heterocycles. The van der Waals surface area contributed by atoms with E-state index >= 15 is 0 Å². The molecule has 1 saturated carbocycles. The molecule has 1 aliphatic heterocycles. The third-order valence-corrected chi connectivity index (χ3v) is 7.82. The Balaban J connectivity index is 2.15. The van der Waals surface area contributed by atoms with Gasteiger partial charge in [0.1, 0.15) is 0 Å². The predicted octanol–water partition coefficient (Wildman–Crippen LogP) is 5.41. The lowest BCUT2D eigenvalue weighted by molar-refractivity contribution is -0.142. The molecule has 0 bridgehead atoms. The summed E-state index contributed by atoms with van der Waals surface area (Å²) in [6.45, 7) is 8.03. The number of benzene rings is 1. The van der Waals surface area contributed by atoms with E-state index in [2.05, 4.69) is 4.90 Å². The minimum absolute atomic E-state index is 0.00139. The molecular weight excluding hydrogens is 525 g/mol. The molecule has 10 heteroatoms. The summed E-state index contributed by atoms with van der Waals surface area (Å²) in [5.41, 5.74) is -0.304. The van der Waals surface area contributed by atoms with Crippen LogP contribution in [-0.4, -0.2) is 72.3 Å². The van der Waals surface area contributed by atoms with Crippen LogP contribution in [0.15, 0.2) is 46.8 Å². The van der Waals surface area contributed by atoms with Gasteiger partial charge in [0.15, 0.2) is 0 Å². The largest absolute Gasteiger partial charge is 0.463 e. The van der Waals surface area contributed by atoms with E-state index in [4.69, 9.17) is 9.47 Å². The summed E-state index contributed by atoms with van der Waals surface area (Å²) < 4.78 is 53.2. The number of aliphatic hydroxyl groups excluding tert-OH is 1. The quantitative estimate of drug-likeness (QED) is 0.359. The van der Waals surface area contributed by atoms with Crippen LogP contribution in [0.2, 0.25) is 0 Å². The number of hydrogen-bond acceptors (Lipinski definition) is 7. The molecule has 1 N–H and O–H groups in total. The first-order chi connectivity index (χ1) is 19.1. The van der Waals surface area contributed by atoms with Gasteiger partial charge in [-0.1, -0.05) is 37.5 Å². The van der Waals surface area contributed by atoms with Crippen LogP contribution < -0.4 is 0 Å². The summed E-state index contributed by atoms with van der Waals surface area (Å²) in [6, 6.07) is 5.32. The van der Waals surface area contributed by atoms with E-state index in [-0.39, 0.29) is 36.5 Å². The van der Waals surface area contributed by atoms with E-state index in [1.165, 1.54) is 24.6 Å². The first-order valence-corrected chi connectivity index (χ1v) is 14.1. The summed E-state index contributed by atoms with van der Waals surface area (Å²) in [4.78, 5) is 30.9. The van der Waals surface area contributed by atoms with Gasteiger partial charge in [-0.3, -0.25) is 4.90 Å². The molecule has 40 heavy (non-hydrogen) atoms. The van der Waals surface area contributed by atoms with Crippen molar-refractivity contribution >= 4 is 11.9 Å². The zero-order valence-corrected chi connectivity index (χ0v) is 23.9. The molecule has 222 valence electrons. The van der Waals surface area contributed by atoms with Gasteiger partial charge < -0.3 is 19.5 Å². The highest BCUT2D eigenvalue weighted by molar-refractivity contribution is 6.00. The monoisotopic (exact) mass is 566 g/mol. The van der Waals surface area contributed by atoms with E-state index in [9.17, 15) is 27.9 Å². The number of ether oxygens (including phenoxy) is 2. The number of carbonyl (C=O) groups excluding carboxylic acids is 2. The van der Waals surface area contributed by atoms with Gasteiger partial charge in [-0.25, -0.2) is 9.59 Å². The minimum atomic E-state index is -4.71. The third-order valence-electron chi connectivity index (χ3n) is 7.82. The van der Waals surface area contributed by atoms with Crippen molar-refractivity contribution in [3.8, 4) is 0 Å². The normalized spacial score (nSPS) is 17.6. The Morgan fingerprint density at radius 1 is 0.950 bits per heavy atom. The van der Waals surface area contributed by atoms with Crippen LogP contribution in [0, 0.1) is 0 Å². The summed E-state index contributed by atoms with van der Waals surface area (Å²) in [6.07, 6.45) is 0.777. The van der Waals surface area contributed by atoms with Gasteiger partial charge in [-0.15, -0.1) is 0 Å². The van der Waals surface area contributed by atoms with Gasteiger partial charge in [-0.05, 0) is 52.2 Å². The van der Waals surface area contributed by atoms with Gasteiger partial charge in [0.2, 0.25) is 0 Å². The highest BCUT2D eigenvalue weighted by Crippen LogP contribution is 2.46. The molecule has 1 fully saturated rings. The summed E-state index contributed by atoms with van der Waals surface area (Å²) in [5, 5.41) is 9.72. The molecule has 1 aliphatic carbocycles. The molecule has 2 aliphatic rings. The smallest absolute Gasteiger partial charge is 0.416 e. The van der Waals surface area contributed by atoms with Crippen molar-refractivity contribution in [3.05, 3.63) is 57.9 Å². The van der Waals surface area contributed by atoms with Crippen molar-refractivity contribution in [1.82, 2.24) is 9.80 Å².